The van der Waals surface area contributed by atoms with Crippen molar-refractivity contribution in [3.63, 3.8) is 0 Å². The van der Waals surface area contributed by atoms with Gasteiger partial charge in [-0.15, -0.1) is 0 Å². The lowest BCUT2D eigenvalue weighted by Crippen LogP contribution is -1.95. The summed E-state index contributed by atoms with van der Waals surface area (Å²) >= 11 is 2.30. The lowest BCUT2D eigenvalue weighted by atomic mass is 10.0. The van der Waals surface area contributed by atoms with Crippen LogP contribution in [-0.2, 0) is 0 Å². The number of allylic oxidation sites excluding steroid dienone is 1. The van der Waals surface area contributed by atoms with Gasteiger partial charge >= 0.3 is 0 Å². The van der Waals surface area contributed by atoms with Crippen LogP contribution < -0.4 is 0 Å². The Balaban J connectivity index is 2.02. The molecule has 0 spiro atoms. The summed E-state index contributed by atoms with van der Waals surface area (Å²) in [6.07, 6.45) is 3.95. The minimum Gasteiger partial charge on any atom is -0.317 e. The number of rotatable bonds is 3. The molecule has 0 aliphatic carbocycles. The molecule has 2 aromatic carbocycles. The van der Waals surface area contributed by atoms with Gasteiger partial charge in [0, 0.05) is 21.1 Å². The van der Waals surface area contributed by atoms with E-state index in [4.69, 9.17) is 0 Å². The van der Waals surface area contributed by atoms with Gasteiger partial charge in [0.15, 0.2) is 0 Å². The van der Waals surface area contributed by atoms with Gasteiger partial charge in [-0.1, -0.05) is 29.8 Å². The molecule has 1 aromatic heterocycles. The van der Waals surface area contributed by atoms with Crippen molar-refractivity contribution in [3.8, 4) is 11.8 Å². The number of aryl methyl sites for hydroxylation is 1. The van der Waals surface area contributed by atoms with Crippen molar-refractivity contribution >= 4 is 34.2 Å². The quantitative estimate of drug-likeness (QED) is 0.417. The van der Waals surface area contributed by atoms with Crippen LogP contribution >= 0.6 is 22.6 Å². The molecule has 0 fully saturated rings. The van der Waals surface area contributed by atoms with Gasteiger partial charge in [0.05, 0.1) is 11.6 Å². The van der Waals surface area contributed by atoms with Crippen molar-refractivity contribution < 1.29 is 0 Å². The number of aromatic nitrogens is 1. The van der Waals surface area contributed by atoms with Crippen molar-refractivity contribution in [2.45, 2.75) is 6.92 Å². The van der Waals surface area contributed by atoms with Gasteiger partial charge in [0.2, 0.25) is 0 Å². The third-order valence-electron chi connectivity index (χ3n) is 3.66. The summed E-state index contributed by atoms with van der Waals surface area (Å²) < 4.78 is 3.29. The number of benzene rings is 2. The first-order valence-corrected chi connectivity index (χ1v) is 8.37. The maximum atomic E-state index is 9.52. The summed E-state index contributed by atoms with van der Waals surface area (Å²) in [5.41, 5.74) is 4.86. The van der Waals surface area contributed by atoms with Crippen LogP contribution in [0.25, 0.3) is 17.3 Å². The second-order valence-electron chi connectivity index (χ2n) is 5.32. The number of nitrogens with zero attached hydrogens (tertiary/aromatic N) is 2. The monoisotopic (exact) mass is 410 g/mol. The van der Waals surface area contributed by atoms with Crippen molar-refractivity contribution in [2.24, 2.45) is 0 Å². The third-order valence-corrected chi connectivity index (χ3v) is 4.38. The van der Waals surface area contributed by atoms with Crippen molar-refractivity contribution in [1.29, 1.82) is 5.26 Å². The zero-order chi connectivity index (χ0) is 16.2. The van der Waals surface area contributed by atoms with E-state index < -0.39 is 0 Å². The topological polar surface area (TPSA) is 28.7 Å². The molecular formula is C20H15IN2. The first-order valence-electron chi connectivity index (χ1n) is 7.29. The first kappa shape index (κ1) is 15.6. The fourth-order valence-electron chi connectivity index (χ4n) is 2.41. The Hall–Kier alpha value is -2.32. The summed E-state index contributed by atoms with van der Waals surface area (Å²) in [6.45, 7) is 2.04. The van der Waals surface area contributed by atoms with Crippen LogP contribution in [0.3, 0.4) is 0 Å². The molecule has 0 saturated carbocycles. The molecule has 0 saturated heterocycles. The fourth-order valence-corrected chi connectivity index (χ4v) is 2.77. The van der Waals surface area contributed by atoms with Crippen LogP contribution in [0.5, 0.6) is 0 Å². The van der Waals surface area contributed by atoms with Crippen LogP contribution in [0.15, 0.2) is 66.9 Å². The summed E-state index contributed by atoms with van der Waals surface area (Å²) in [5, 5.41) is 9.52. The van der Waals surface area contributed by atoms with Crippen LogP contribution in [0.2, 0.25) is 0 Å². The molecular weight excluding hydrogens is 395 g/mol. The minimum atomic E-state index is 0.662. The van der Waals surface area contributed by atoms with Gasteiger partial charge < -0.3 is 4.57 Å². The van der Waals surface area contributed by atoms with E-state index in [2.05, 4.69) is 57.5 Å². The Kier molecular flexibility index (Phi) is 4.63. The van der Waals surface area contributed by atoms with Gasteiger partial charge in [0.25, 0.3) is 0 Å². The van der Waals surface area contributed by atoms with Crippen molar-refractivity contribution in [3.05, 3.63) is 87.3 Å². The maximum absolute atomic E-state index is 9.52. The molecule has 0 atom stereocenters. The molecule has 0 unspecified atom stereocenters. The SMILES string of the molecule is Cc1ccc(/C(C#N)=C\c2cccn2-c2ccc(I)cc2)cc1. The van der Waals surface area contributed by atoms with E-state index >= 15 is 0 Å². The van der Waals surface area contributed by atoms with E-state index in [0.717, 1.165) is 16.9 Å². The lowest BCUT2D eigenvalue weighted by Gasteiger charge is -2.07. The Morgan fingerprint density at radius 1 is 1.04 bits per heavy atom. The maximum Gasteiger partial charge on any atom is 0.0998 e. The second-order valence-corrected chi connectivity index (χ2v) is 6.56. The van der Waals surface area contributed by atoms with Gasteiger partial charge in [-0.25, -0.2) is 0 Å². The van der Waals surface area contributed by atoms with Crippen LogP contribution in [-0.4, -0.2) is 4.57 Å². The van der Waals surface area contributed by atoms with Gasteiger partial charge in [0.1, 0.15) is 0 Å². The standard InChI is InChI=1S/C20H15IN2/c1-15-4-6-16(7-5-15)17(14-22)13-20-3-2-12-23(20)19-10-8-18(21)9-11-19/h2-13H,1H3/b17-13-. The Morgan fingerprint density at radius 3 is 2.39 bits per heavy atom. The van der Waals surface area contributed by atoms with Crippen molar-refractivity contribution in [2.75, 3.05) is 0 Å². The van der Waals surface area contributed by atoms with E-state index in [9.17, 15) is 5.26 Å². The molecule has 1 heterocycles. The fraction of sp³-hybridized carbons (Fsp3) is 0.0500. The number of halogens is 1. The third kappa shape index (κ3) is 3.54. The van der Waals surface area contributed by atoms with Gasteiger partial charge in [-0.2, -0.15) is 5.26 Å². The number of nitriles is 1. The molecule has 23 heavy (non-hydrogen) atoms. The second kappa shape index (κ2) is 6.84. The molecule has 0 amide bonds. The molecule has 0 aliphatic rings. The molecule has 112 valence electrons. The predicted molar refractivity (Wildman–Crippen MR) is 103 cm³/mol. The summed E-state index contributed by atoms with van der Waals surface area (Å²) in [6, 6.07) is 22.7. The van der Waals surface area contributed by atoms with Crippen LogP contribution in [0, 0.1) is 21.8 Å². The molecule has 0 aliphatic heterocycles. The van der Waals surface area contributed by atoms with Gasteiger partial charge in [-0.05, 0) is 77.6 Å². The zero-order valence-corrected chi connectivity index (χ0v) is 14.9. The molecule has 3 heteroatoms. The van der Waals surface area contributed by atoms with E-state index in [1.165, 1.54) is 9.13 Å². The van der Waals surface area contributed by atoms with E-state index in [0.29, 0.717) is 5.57 Å². The smallest absolute Gasteiger partial charge is 0.0998 e. The molecule has 0 N–H and O–H groups in total. The van der Waals surface area contributed by atoms with Crippen LogP contribution in [0.1, 0.15) is 16.8 Å². The van der Waals surface area contributed by atoms with Crippen molar-refractivity contribution in [1.82, 2.24) is 4.57 Å². The largest absolute Gasteiger partial charge is 0.317 e. The summed E-state index contributed by atoms with van der Waals surface area (Å²) in [7, 11) is 0. The lowest BCUT2D eigenvalue weighted by molar-refractivity contribution is 1.06. The average molecular weight is 410 g/mol. The van der Waals surface area contributed by atoms with E-state index in [1.807, 2.05) is 55.6 Å². The molecule has 3 aromatic rings. The summed E-state index contributed by atoms with van der Waals surface area (Å²) in [5.74, 6) is 0. The highest BCUT2D eigenvalue weighted by molar-refractivity contribution is 14.1. The van der Waals surface area contributed by atoms with Gasteiger partial charge in [-0.3, -0.25) is 0 Å². The average Bonchev–Trinajstić information content (AvgIpc) is 3.02. The number of hydrogen-bond donors (Lipinski definition) is 0. The highest BCUT2D eigenvalue weighted by Gasteiger charge is 2.05. The highest BCUT2D eigenvalue weighted by atomic mass is 127. The predicted octanol–water partition coefficient (Wildman–Crippen LogP) is 5.45. The first-order chi connectivity index (χ1) is 11.2. The van der Waals surface area contributed by atoms with E-state index in [1.54, 1.807) is 0 Å². The molecule has 2 nitrogen and oxygen atoms in total. The summed E-state index contributed by atoms with van der Waals surface area (Å²) in [4.78, 5) is 0. The minimum absolute atomic E-state index is 0.662. The van der Waals surface area contributed by atoms with Crippen LogP contribution in [0.4, 0.5) is 0 Å². The Morgan fingerprint density at radius 2 is 1.74 bits per heavy atom. The Labute approximate surface area is 149 Å². The normalized spacial score (nSPS) is 11.3. The molecule has 0 radical (unpaired) electrons. The van der Waals surface area contributed by atoms with E-state index in [-0.39, 0.29) is 0 Å². The highest BCUT2D eigenvalue weighted by Crippen LogP contribution is 2.21. The zero-order valence-electron chi connectivity index (χ0n) is 12.7. The molecule has 0 bridgehead atoms. The molecule has 3 rings (SSSR count). The number of hydrogen-bond acceptors (Lipinski definition) is 1. The Bertz CT molecular complexity index is 879.